The number of aryl methyl sites for hydroxylation is 1. The number of amides is 1. The number of piperidine rings is 1. The summed E-state index contributed by atoms with van der Waals surface area (Å²) in [5.41, 5.74) is 6.15. The molecule has 170 valence electrons. The number of rotatable bonds is 6. The molecule has 1 saturated heterocycles. The predicted molar refractivity (Wildman–Crippen MR) is 134 cm³/mol. The Bertz CT molecular complexity index is 1050. The summed E-state index contributed by atoms with van der Waals surface area (Å²) in [6.45, 7) is 3.28. The van der Waals surface area contributed by atoms with E-state index in [4.69, 9.17) is 0 Å². The highest BCUT2D eigenvalue weighted by Gasteiger charge is 2.22. The van der Waals surface area contributed by atoms with Crippen molar-refractivity contribution in [2.45, 2.75) is 51.1 Å². The van der Waals surface area contributed by atoms with Crippen LogP contribution >= 0.6 is 0 Å². The second-order valence-electron chi connectivity index (χ2n) is 9.72. The third-order valence-corrected chi connectivity index (χ3v) is 7.37. The number of likely N-dealkylation sites (tertiary alicyclic amines) is 1. The number of nitrogens with zero attached hydrogens (tertiary/aromatic N) is 1. The van der Waals surface area contributed by atoms with E-state index in [1.54, 1.807) is 0 Å². The van der Waals surface area contributed by atoms with Gasteiger partial charge >= 0.3 is 0 Å². The summed E-state index contributed by atoms with van der Waals surface area (Å²) in [6, 6.07) is 27.7. The zero-order valence-corrected chi connectivity index (χ0v) is 19.4. The van der Waals surface area contributed by atoms with Gasteiger partial charge in [0.1, 0.15) is 0 Å². The maximum Gasteiger partial charge on any atom is 0.251 e. The SMILES string of the molecule is O=C(N[C@@H]1CCCc2ccccc21)c1ccc(CN2CCC(Cc3ccccc3)CC2)cc1. The Morgan fingerprint density at radius 2 is 1.55 bits per heavy atom. The molecule has 1 aliphatic carbocycles. The van der Waals surface area contributed by atoms with Crippen LogP contribution in [0.2, 0.25) is 0 Å². The Morgan fingerprint density at radius 1 is 0.818 bits per heavy atom. The highest BCUT2D eigenvalue weighted by Crippen LogP contribution is 2.29. The molecule has 3 aromatic carbocycles. The van der Waals surface area contributed by atoms with Crippen molar-refractivity contribution < 1.29 is 4.79 Å². The van der Waals surface area contributed by atoms with Gasteiger partial charge in [0, 0.05) is 12.1 Å². The van der Waals surface area contributed by atoms with Gasteiger partial charge in [0.15, 0.2) is 0 Å². The molecule has 0 radical (unpaired) electrons. The van der Waals surface area contributed by atoms with Crippen LogP contribution in [0.5, 0.6) is 0 Å². The van der Waals surface area contributed by atoms with Gasteiger partial charge in [-0.25, -0.2) is 0 Å². The monoisotopic (exact) mass is 438 g/mol. The molecule has 1 aliphatic heterocycles. The summed E-state index contributed by atoms with van der Waals surface area (Å²) < 4.78 is 0. The maximum atomic E-state index is 12.9. The maximum absolute atomic E-state index is 12.9. The average Bonchev–Trinajstić information content (AvgIpc) is 2.86. The lowest BCUT2D eigenvalue weighted by Crippen LogP contribution is -2.34. The lowest BCUT2D eigenvalue weighted by Gasteiger charge is -2.32. The van der Waals surface area contributed by atoms with E-state index in [2.05, 4.69) is 76.9 Å². The molecule has 2 aliphatic rings. The Kier molecular flexibility index (Phi) is 6.87. The van der Waals surface area contributed by atoms with Crippen molar-refractivity contribution in [1.29, 1.82) is 0 Å². The van der Waals surface area contributed by atoms with Gasteiger partial charge < -0.3 is 5.32 Å². The van der Waals surface area contributed by atoms with Gasteiger partial charge in [-0.2, -0.15) is 0 Å². The molecule has 1 N–H and O–H groups in total. The highest BCUT2D eigenvalue weighted by molar-refractivity contribution is 5.94. The summed E-state index contributed by atoms with van der Waals surface area (Å²) >= 11 is 0. The lowest BCUT2D eigenvalue weighted by molar-refractivity contribution is 0.0932. The van der Waals surface area contributed by atoms with Crippen molar-refractivity contribution in [3.63, 3.8) is 0 Å². The minimum Gasteiger partial charge on any atom is -0.345 e. The number of fused-ring (bicyclic) bond motifs is 1. The second kappa shape index (κ2) is 10.4. The molecule has 1 atom stereocenters. The average molecular weight is 439 g/mol. The van der Waals surface area contributed by atoms with Crippen LogP contribution in [0.3, 0.4) is 0 Å². The van der Waals surface area contributed by atoms with Crippen molar-refractivity contribution in [2.75, 3.05) is 13.1 Å². The number of carbonyl (C=O) groups excluding carboxylic acids is 1. The Hall–Kier alpha value is -2.91. The topological polar surface area (TPSA) is 32.3 Å². The van der Waals surface area contributed by atoms with Gasteiger partial charge in [-0.15, -0.1) is 0 Å². The van der Waals surface area contributed by atoms with Gasteiger partial charge in [-0.1, -0.05) is 66.7 Å². The van der Waals surface area contributed by atoms with Gasteiger partial charge in [0.05, 0.1) is 6.04 Å². The molecular formula is C30H34N2O. The second-order valence-corrected chi connectivity index (χ2v) is 9.72. The summed E-state index contributed by atoms with van der Waals surface area (Å²) in [7, 11) is 0. The first-order valence-electron chi connectivity index (χ1n) is 12.5. The molecule has 1 heterocycles. The zero-order valence-electron chi connectivity index (χ0n) is 19.4. The Balaban J connectivity index is 1.12. The lowest BCUT2D eigenvalue weighted by atomic mass is 9.87. The molecule has 0 saturated carbocycles. The fraction of sp³-hybridized carbons (Fsp3) is 0.367. The molecule has 3 heteroatoms. The van der Waals surface area contributed by atoms with Gasteiger partial charge in [0.2, 0.25) is 0 Å². The molecule has 0 bridgehead atoms. The summed E-state index contributed by atoms with van der Waals surface area (Å²) in [6.07, 6.45) is 6.98. The van der Waals surface area contributed by atoms with Crippen LogP contribution < -0.4 is 5.32 Å². The molecular weight excluding hydrogens is 404 g/mol. The van der Waals surface area contributed by atoms with E-state index in [0.717, 1.165) is 50.4 Å². The van der Waals surface area contributed by atoms with Crippen LogP contribution in [0.1, 0.15) is 64.3 Å². The first-order valence-corrected chi connectivity index (χ1v) is 12.5. The van der Waals surface area contributed by atoms with E-state index in [1.807, 2.05) is 12.1 Å². The molecule has 5 rings (SSSR count). The minimum atomic E-state index is 0.0324. The first kappa shape index (κ1) is 21.9. The summed E-state index contributed by atoms with van der Waals surface area (Å²) in [4.78, 5) is 15.4. The fourth-order valence-electron chi connectivity index (χ4n) is 5.46. The van der Waals surface area contributed by atoms with Crippen LogP contribution in [-0.4, -0.2) is 23.9 Å². The third-order valence-electron chi connectivity index (χ3n) is 7.37. The van der Waals surface area contributed by atoms with E-state index >= 15 is 0 Å². The molecule has 1 amide bonds. The Morgan fingerprint density at radius 3 is 2.33 bits per heavy atom. The number of hydrogen-bond acceptors (Lipinski definition) is 2. The standard InChI is InChI=1S/C30H34N2O/c33-30(31-29-12-6-10-26-9-4-5-11-28(26)29)27-15-13-25(14-16-27)22-32-19-17-24(18-20-32)21-23-7-2-1-3-8-23/h1-5,7-9,11,13-16,24,29H,6,10,12,17-22H2,(H,31,33)/t29-/m1/s1. The van der Waals surface area contributed by atoms with Gasteiger partial charge in [-0.05, 0) is 91.9 Å². The Labute approximate surface area is 197 Å². The van der Waals surface area contributed by atoms with E-state index in [1.165, 1.54) is 41.5 Å². The van der Waals surface area contributed by atoms with Crippen molar-refractivity contribution in [1.82, 2.24) is 10.2 Å². The van der Waals surface area contributed by atoms with Crippen molar-refractivity contribution in [3.8, 4) is 0 Å². The molecule has 1 fully saturated rings. The third kappa shape index (κ3) is 5.54. The van der Waals surface area contributed by atoms with Gasteiger partial charge in [0.25, 0.3) is 5.91 Å². The zero-order chi connectivity index (χ0) is 22.5. The van der Waals surface area contributed by atoms with Crippen LogP contribution in [0.25, 0.3) is 0 Å². The first-order chi connectivity index (χ1) is 16.2. The molecule has 3 nitrogen and oxygen atoms in total. The molecule has 0 spiro atoms. The molecule has 0 unspecified atom stereocenters. The summed E-state index contributed by atoms with van der Waals surface area (Å²) in [5, 5.41) is 3.27. The molecule has 0 aromatic heterocycles. The van der Waals surface area contributed by atoms with E-state index in [-0.39, 0.29) is 11.9 Å². The molecule has 3 aromatic rings. The quantitative estimate of drug-likeness (QED) is 0.516. The normalized spacial score (nSPS) is 19.1. The number of nitrogens with one attached hydrogen (secondary N) is 1. The summed E-state index contributed by atoms with van der Waals surface area (Å²) in [5.74, 6) is 0.824. The van der Waals surface area contributed by atoms with Crippen molar-refractivity contribution in [3.05, 3.63) is 107 Å². The number of hydrogen-bond donors (Lipinski definition) is 1. The van der Waals surface area contributed by atoms with Crippen LogP contribution in [0.15, 0.2) is 78.9 Å². The van der Waals surface area contributed by atoms with E-state index in [0.29, 0.717) is 0 Å². The smallest absolute Gasteiger partial charge is 0.251 e. The van der Waals surface area contributed by atoms with Gasteiger partial charge in [-0.3, -0.25) is 9.69 Å². The largest absolute Gasteiger partial charge is 0.345 e. The van der Waals surface area contributed by atoms with Crippen LogP contribution in [0.4, 0.5) is 0 Å². The highest BCUT2D eigenvalue weighted by atomic mass is 16.1. The van der Waals surface area contributed by atoms with Crippen LogP contribution in [-0.2, 0) is 19.4 Å². The minimum absolute atomic E-state index is 0.0324. The van der Waals surface area contributed by atoms with E-state index < -0.39 is 0 Å². The predicted octanol–water partition coefficient (Wildman–Crippen LogP) is 5.95. The van der Waals surface area contributed by atoms with E-state index in [9.17, 15) is 4.79 Å². The fourth-order valence-corrected chi connectivity index (χ4v) is 5.46. The number of carbonyl (C=O) groups is 1. The van der Waals surface area contributed by atoms with Crippen LogP contribution in [0, 0.1) is 5.92 Å². The van der Waals surface area contributed by atoms with Crippen molar-refractivity contribution in [2.24, 2.45) is 5.92 Å². The van der Waals surface area contributed by atoms with Crippen molar-refractivity contribution >= 4 is 5.91 Å². The molecule has 33 heavy (non-hydrogen) atoms. The number of benzene rings is 3.